The Labute approximate surface area is 119 Å². The molecule has 0 amide bonds. The largest absolute Gasteiger partial charge is 0.425 e. The number of benzene rings is 1. The maximum absolute atomic E-state index is 12.4. The summed E-state index contributed by atoms with van der Waals surface area (Å²) in [5, 5.41) is 0. The smallest absolute Gasteiger partial charge is 0.341 e. The topological polar surface area (TPSA) is 35.5 Å². The van der Waals surface area contributed by atoms with Gasteiger partial charge < -0.3 is 9.47 Å². The van der Waals surface area contributed by atoms with Crippen LogP contribution in [0.2, 0.25) is 0 Å². The van der Waals surface area contributed by atoms with Gasteiger partial charge in [-0.2, -0.15) is 0 Å². The van der Waals surface area contributed by atoms with Crippen LogP contribution in [0.15, 0.2) is 35.9 Å². The third-order valence-corrected chi connectivity index (χ3v) is 4.25. The Morgan fingerprint density at radius 2 is 2.05 bits per heavy atom. The van der Waals surface area contributed by atoms with Gasteiger partial charge in [-0.3, -0.25) is 0 Å². The Hall–Kier alpha value is -1.61. The normalized spacial score (nSPS) is 29.3. The highest BCUT2D eigenvalue weighted by molar-refractivity contribution is 6.20. The summed E-state index contributed by atoms with van der Waals surface area (Å²) in [6, 6.07) is 9.77. The standard InChI is InChI=1S/C17H20O3/c1-3-7-14-15(13-8-5-4-6-9-13)16(18)20-17(14)12(2)10-11-19-17/h4-6,8-9,12H,3,7,10-11H2,1-2H3. The second-order valence-corrected chi connectivity index (χ2v) is 5.56. The van der Waals surface area contributed by atoms with Crippen LogP contribution in [0.3, 0.4) is 0 Å². The number of carbonyl (C=O) groups is 1. The molecule has 2 unspecified atom stereocenters. The van der Waals surface area contributed by atoms with Crippen LogP contribution in [0, 0.1) is 5.92 Å². The Balaban J connectivity index is 2.14. The molecule has 2 aliphatic heterocycles. The van der Waals surface area contributed by atoms with Crippen molar-refractivity contribution >= 4 is 11.5 Å². The first-order chi connectivity index (χ1) is 9.69. The fourth-order valence-corrected chi connectivity index (χ4v) is 3.23. The minimum atomic E-state index is -0.807. The third kappa shape index (κ3) is 1.88. The summed E-state index contributed by atoms with van der Waals surface area (Å²) in [6.45, 7) is 4.87. The van der Waals surface area contributed by atoms with Crippen LogP contribution in [-0.2, 0) is 14.3 Å². The van der Waals surface area contributed by atoms with E-state index in [-0.39, 0.29) is 11.9 Å². The molecule has 0 bridgehead atoms. The molecule has 0 radical (unpaired) electrons. The molecule has 1 fully saturated rings. The second kappa shape index (κ2) is 5.06. The zero-order valence-electron chi connectivity index (χ0n) is 12.0. The maximum Gasteiger partial charge on any atom is 0.341 e. The van der Waals surface area contributed by atoms with E-state index in [9.17, 15) is 4.79 Å². The van der Waals surface area contributed by atoms with Crippen molar-refractivity contribution in [3.63, 3.8) is 0 Å². The highest BCUT2D eigenvalue weighted by Gasteiger charge is 2.54. The van der Waals surface area contributed by atoms with E-state index >= 15 is 0 Å². The number of rotatable bonds is 3. The summed E-state index contributed by atoms with van der Waals surface area (Å²) in [6.07, 6.45) is 2.74. The van der Waals surface area contributed by atoms with Crippen LogP contribution >= 0.6 is 0 Å². The SMILES string of the molecule is CCCC1=C(c2ccccc2)C(=O)OC12OCCC2C. The molecule has 2 aliphatic rings. The van der Waals surface area contributed by atoms with Crippen molar-refractivity contribution < 1.29 is 14.3 Å². The molecule has 2 heterocycles. The molecule has 3 heteroatoms. The van der Waals surface area contributed by atoms with Gasteiger partial charge in [0.1, 0.15) is 0 Å². The van der Waals surface area contributed by atoms with E-state index in [2.05, 4.69) is 13.8 Å². The predicted octanol–water partition coefficient (Wildman–Crippen LogP) is 3.55. The number of ether oxygens (including phenoxy) is 2. The molecule has 0 aromatic heterocycles. The van der Waals surface area contributed by atoms with Crippen molar-refractivity contribution in [3.05, 3.63) is 41.5 Å². The van der Waals surface area contributed by atoms with Gasteiger partial charge in [0, 0.05) is 11.5 Å². The number of hydrogen-bond acceptors (Lipinski definition) is 3. The monoisotopic (exact) mass is 272 g/mol. The molecule has 106 valence electrons. The van der Waals surface area contributed by atoms with Crippen molar-refractivity contribution in [2.45, 2.75) is 38.9 Å². The van der Waals surface area contributed by atoms with E-state index in [0.717, 1.165) is 30.4 Å². The molecule has 3 nitrogen and oxygen atoms in total. The first kappa shape index (κ1) is 13.4. The van der Waals surface area contributed by atoms with E-state index in [1.165, 1.54) is 0 Å². The van der Waals surface area contributed by atoms with E-state index < -0.39 is 5.79 Å². The summed E-state index contributed by atoms with van der Waals surface area (Å²) in [7, 11) is 0. The average molecular weight is 272 g/mol. The number of hydrogen-bond donors (Lipinski definition) is 0. The maximum atomic E-state index is 12.4. The third-order valence-electron chi connectivity index (χ3n) is 4.25. The van der Waals surface area contributed by atoms with Crippen LogP contribution in [0.25, 0.3) is 5.57 Å². The second-order valence-electron chi connectivity index (χ2n) is 5.56. The average Bonchev–Trinajstić information content (AvgIpc) is 2.94. The quantitative estimate of drug-likeness (QED) is 0.789. The van der Waals surface area contributed by atoms with Crippen LogP contribution in [0.5, 0.6) is 0 Å². The van der Waals surface area contributed by atoms with Crippen molar-refractivity contribution in [3.8, 4) is 0 Å². The molecule has 1 spiro atoms. The summed E-state index contributed by atoms with van der Waals surface area (Å²) in [4.78, 5) is 12.4. The minimum Gasteiger partial charge on any atom is -0.425 e. The summed E-state index contributed by atoms with van der Waals surface area (Å²) in [5.74, 6) is -0.833. The zero-order chi connectivity index (χ0) is 14.2. The Morgan fingerprint density at radius 1 is 1.30 bits per heavy atom. The van der Waals surface area contributed by atoms with Crippen LogP contribution in [0.4, 0.5) is 0 Å². The molecule has 20 heavy (non-hydrogen) atoms. The molecule has 0 saturated carbocycles. The molecule has 0 aliphatic carbocycles. The van der Waals surface area contributed by atoms with Gasteiger partial charge in [0.2, 0.25) is 5.79 Å². The van der Waals surface area contributed by atoms with E-state index in [0.29, 0.717) is 12.2 Å². The molecule has 0 N–H and O–H groups in total. The van der Waals surface area contributed by atoms with Crippen molar-refractivity contribution in [2.75, 3.05) is 6.61 Å². The first-order valence-electron chi connectivity index (χ1n) is 7.35. The molecular formula is C17H20O3. The van der Waals surface area contributed by atoms with Crippen molar-refractivity contribution in [2.24, 2.45) is 5.92 Å². The van der Waals surface area contributed by atoms with Gasteiger partial charge in [0.25, 0.3) is 0 Å². The lowest BCUT2D eigenvalue weighted by atomic mass is 9.87. The van der Waals surface area contributed by atoms with Gasteiger partial charge in [0.05, 0.1) is 12.2 Å². The molecule has 1 saturated heterocycles. The van der Waals surface area contributed by atoms with Gasteiger partial charge >= 0.3 is 5.97 Å². The Bertz CT molecular complexity index is 547. The van der Waals surface area contributed by atoms with E-state index in [1.54, 1.807) is 0 Å². The summed E-state index contributed by atoms with van der Waals surface area (Å²) < 4.78 is 11.6. The van der Waals surface area contributed by atoms with Crippen molar-refractivity contribution in [1.29, 1.82) is 0 Å². The molecule has 1 aromatic rings. The lowest BCUT2D eigenvalue weighted by Gasteiger charge is -2.29. The minimum absolute atomic E-state index is 0.217. The summed E-state index contributed by atoms with van der Waals surface area (Å²) >= 11 is 0. The van der Waals surface area contributed by atoms with Gasteiger partial charge in [0.15, 0.2) is 0 Å². The first-order valence-corrected chi connectivity index (χ1v) is 7.35. The number of carbonyl (C=O) groups excluding carboxylic acids is 1. The predicted molar refractivity (Wildman–Crippen MR) is 76.8 cm³/mol. The van der Waals surface area contributed by atoms with Gasteiger partial charge in [-0.1, -0.05) is 50.6 Å². The number of esters is 1. The van der Waals surface area contributed by atoms with E-state index in [4.69, 9.17) is 9.47 Å². The highest BCUT2D eigenvalue weighted by Crippen LogP contribution is 2.49. The lowest BCUT2D eigenvalue weighted by Crippen LogP contribution is -2.36. The zero-order valence-corrected chi connectivity index (χ0v) is 12.0. The Kier molecular flexibility index (Phi) is 3.38. The van der Waals surface area contributed by atoms with Crippen LogP contribution in [-0.4, -0.2) is 18.4 Å². The van der Waals surface area contributed by atoms with Crippen molar-refractivity contribution in [1.82, 2.24) is 0 Å². The van der Waals surface area contributed by atoms with Gasteiger partial charge in [-0.05, 0) is 18.4 Å². The van der Waals surface area contributed by atoms with Gasteiger partial charge in [-0.15, -0.1) is 0 Å². The molecular weight excluding hydrogens is 252 g/mol. The lowest BCUT2D eigenvalue weighted by molar-refractivity contribution is -0.195. The Morgan fingerprint density at radius 3 is 2.65 bits per heavy atom. The van der Waals surface area contributed by atoms with Crippen LogP contribution in [0.1, 0.15) is 38.7 Å². The highest BCUT2D eigenvalue weighted by atomic mass is 16.7. The molecule has 2 atom stereocenters. The fraction of sp³-hybridized carbons (Fsp3) is 0.471. The van der Waals surface area contributed by atoms with Crippen LogP contribution < -0.4 is 0 Å². The van der Waals surface area contributed by atoms with Gasteiger partial charge in [-0.25, -0.2) is 4.79 Å². The van der Waals surface area contributed by atoms with E-state index in [1.807, 2.05) is 30.3 Å². The fourth-order valence-electron chi connectivity index (χ4n) is 3.23. The molecule has 3 rings (SSSR count). The summed E-state index contributed by atoms with van der Waals surface area (Å²) in [5.41, 5.74) is 2.67. The molecule has 1 aromatic carbocycles.